The zero-order valence-electron chi connectivity index (χ0n) is 8.25. The fourth-order valence-electron chi connectivity index (χ4n) is 2.15. The Morgan fingerprint density at radius 3 is 2.69 bits per heavy atom. The van der Waals surface area contributed by atoms with Crippen molar-refractivity contribution in [1.29, 1.82) is 0 Å². The number of fused-ring (bicyclic) bond motifs is 1. The van der Waals surface area contributed by atoms with E-state index in [1.165, 1.54) is 0 Å². The maximum atomic E-state index is 12.5. The quantitative estimate of drug-likeness (QED) is 0.738. The van der Waals surface area contributed by atoms with Crippen molar-refractivity contribution in [3.63, 3.8) is 0 Å². The third-order valence-corrected chi connectivity index (χ3v) is 3.04. The molecule has 0 saturated heterocycles. The van der Waals surface area contributed by atoms with Crippen LogP contribution in [-0.2, 0) is 0 Å². The minimum absolute atomic E-state index is 0.0930. The Morgan fingerprint density at radius 1 is 1.19 bits per heavy atom. The third kappa shape index (κ3) is 1.42. The van der Waals surface area contributed by atoms with E-state index in [-0.39, 0.29) is 13.2 Å². The van der Waals surface area contributed by atoms with E-state index in [2.05, 4.69) is 0 Å². The van der Waals surface area contributed by atoms with E-state index >= 15 is 0 Å². The number of hydrogen-bond donors (Lipinski definition) is 0. The average Bonchev–Trinajstić information content (AvgIpc) is 2.88. The molecule has 0 bridgehead atoms. The molecule has 2 aliphatic rings. The van der Waals surface area contributed by atoms with Crippen molar-refractivity contribution < 1.29 is 22.6 Å². The van der Waals surface area contributed by atoms with E-state index in [4.69, 9.17) is 9.47 Å². The lowest BCUT2D eigenvalue weighted by Crippen LogP contribution is -2.11. The Bertz CT molecular complexity index is 428. The molecule has 1 saturated carbocycles. The molecule has 1 aromatic rings. The van der Waals surface area contributed by atoms with Gasteiger partial charge in [0.25, 0.3) is 0 Å². The standard InChI is InChI=1S/C11H9F3O2/c12-11(13,14)8-4-7(8)6-2-1-3-9-10(6)16-5-15-9/h1-3,7-8H,4-5H2/t7-,8+/m0/s1. The molecule has 1 fully saturated rings. The van der Waals surface area contributed by atoms with Gasteiger partial charge in [0, 0.05) is 5.56 Å². The summed E-state index contributed by atoms with van der Waals surface area (Å²) in [6, 6.07) is 5.09. The van der Waals surface area contributed by atoms with E-state index in [0.717, 1.165) is 0 Å². The maximum absolute atomic E-state index is 12.5. The molecule has 1 aromatic carbocycles. The van der Waals surface area contributed by atoms with E-state index in [1.807, 2.05) is 0 Å². The lowest BCUT2D eigenvalue weighted by molar-refractivity contribution is -0.148. The van der Waals surface area contributed by atoms with Crippen LogP contribution in [0.4, 0.5) is 13.2 Å². The van der Waals surface area contributed by atoms with Crippen molar-refractivity contribution in [1.82, 2.24) is 0 Å². The first-order valence-electron chi connectivity index (χ1n) is 5.02. The highest BCUT2D eigenvalue weighted by Crippen LogP contribution is 2.59. The van der Waals surface area contributed by atoms with Crippen LogP contribution in [0.5, 0.6) is 11.5 Å². The predicted molar refractivity (Wildman–Crippen MR) is 49.5 cm³/mol. The van der Waals surface area contributed by atoms with Crippen LogP contribution in [0.15, 0.2) is 18.2 Å². The molecular formula is C11H9F3O2. The molecule has 0 N–H and O–H groups in total. The predicted octanol–water partition coefficient (Wildman–Crippen LogP) is 3.08. The van der Waals surface area contributed by atoms with E-state index < -0.39 is 18.0 Å². The summed E-state index contributed by atoms with van der Waals surface area (Å²) in [5.74, 6) is -0.649. The summed E-state index contributed by atoms with van der Waals surface area (Å²) in [7, 11) is 0. The van der Waals surface area contributed by atoms with Crippen LogP contribution in [0.1, 0.15) is 17.9 Å². The van der Waals surface area contributed by atoms with Crippen molar-refractivity contribution in [2.75, 3.05) is 6.79 Å². The number of para-hydroxylation sites is 1. The molecular weight excluding hydrogens is 221 g/mol. The summed E-state index contributed by atoms with van der Waals surface area (Å²) in [6.45, 7) is 0.0930. The SMILES string of the molecule is FC(F)(F)[C@@H]1C[C@H]1c1cccc2c1OCO2. The summed E-state index contributed by atoms with van der Waals surface area (Å²) in [5, 5.41) is 0. The van der Waals surface area contributed by atoms with Gasteiger partial charge in [-0.15, -0.1) is 0 Å². The highest BCUT2D eigenvalue weighted by Gasteiger charge is 2.57. The molecule has 16 heavy (non-hydrogen) atoms. The molecule has 3 rings (SSSR count). The normalized spacial score (nSPS) is 26.9. The second-order valence-corrected chi connectivity index (χ2v) is 4.07. The minimum atomic E-state index is -4.10. The van der Waals surface area contributed by atoms with Gasteiger partial charge in [0.2, 0.25) is 6.79 Å². The first kappa shape index (κ1) is 9.81. The third-order valence-electron chi connectivity index (χ3n) is 3.04. The Labute approximate surface area is 90.0 Å². The number of alkyl halides is 3. The zero-order chi connectivity index (χ0) is 11.3. The largest absolute Gasteiger partial charge is 0.454 e. The number of ether oxygens (including phenoxy) is 2. The van der Waals surface area contributed by atoms with Gasteiger partial charge in [-0.3, -0.25) is 0 Å². The Morgan fingerprint density at radius 2 is 2.00 bits per heavy atom. The Balaban J connectivity index is 1.90. The molecule has 1 heterocycles. The minimum Gasteiger partial charge on any atom is -0.454 e. The van der Waals surface area contributed by atoms with Crippen LogP contribution in [0, 0.1) is 5.92 Å². The molecule has 1 aliphatic carbocycles. The van der Waals surface area contributed by atoms with Crippen molar-refractivity contribution in [2.45, 2.75) is 18.5 Å². The van der Waals surface area contributed by atoms with Gasteiger partial charge in [-0.05, 0) is 18.4 Å². The van der Waals surface area contributed by atoms with Crippen molar-refractivity contribution in [3.05, 3.63) is 23.8 Å². The van der Waals surface area contributed by atoms with Gasteiger partial charge in [-0.25, -0.2) is 0 Å². The number of benzene rings is 1. The summed E-state index contributed by atoms with van der Waals surface area (Å²) in [4.78, 5) is 0. The van der Waals surface area contributed by atoms with Crippen LogP contribution in [0.2, 0.25) is 0 Å². The first-order chi connectivity index (χ1) is 7.57. The van der Waals surface area contributed by atoms with Crippen LogP contribution < -0.4 is 9.47 Å². The lowest BCUT2D eigenvalue weighted by Gasteiger charge is -2.07. The van der Waals surface area contributed by atoms with Gasteiger partial charge in [-0.2, -0.15) is 13.2 Å². The Hall–Kier alpha value is -1.39. The summed E-state index contributed by atoms with van der Waals surface area (Å²) in [6.07, 6.45) is -3.95. The molecule has 2 atom stereocenters. The van der Waals surface area contributed by atoms with Gasteiger partial charge in [0.05, 0.1) is 5.92 Å². The first-order valence-corrected chi connectivity index (χ1v) is 5.02. The zero-order valence-corrected chi connectivity index (χ0v) is 8.25. The number of hydrogen-bond acceptors (Lipinski definition) is 2. The summed E-state index contributed by atoms with van der Waals surface area (Å²) >= 11 is 0. The van der Waals surface area contributed by atoms with Gasteiger partial charge < -0.3 is 9.47 Å². The summed E-state index contributed by atoms with van der Waals surface area (Å²) < 4.78 is 47.7. The molecule has 2 nitrogen and oxygen atoms in total. The van der Waals surface area contributed by atoms with Crippen LogP contribution in [0.25, 0.3) is 0 Å². The molecule has 0 aromatic heterocycles. The topological polar surface area (TPSA) is 18.5 Å². The monoisotopic (exact) mass is 230 g/mol. The smallest absolute Gasteiger partial charge is 0.392 e. The molecule has 1 aliphatic heterocycles. The van der Waals surface area contributed by atoms with Crippen molar-refractivity contribution >= 4 is 0 Å². The molecule has 0 spiro atoms. The van der Waals surface area contributed by atoms with Gasteiger partial charge in [0.1, 0.15) is 0 Å². The highest BCUT2D eigenvalue weighted by molar-refractivity contribution is 5.51. The van der Waals surface area contributed by atoms with E-state index in [9.17, 15) is 13.2 Å². The molecule has 5 heteroatoms. The fourth-order valence-corrected chi connectivity index (χ4v) is 2.15. The van der Waals surface area contributed by atoms with Crippen molar-refractivity contribution in [3.8, 4) is 11.5 Å². The van der Waals surface area contributed by atoms with E-state index in [0.29, 0.717) is 17.1 Å². The van der Waals surface area contributed by atoms with Gasteiger partial charge >= 0.3 is 6.18 Å². The maximum Gasteiger partial charge on any atom is 0.392 e. The molecule has 0 unspecified atom stereocenters. The number of halogens is 3. The lowest BCUT2D eigenvalue weighted by atomic mass is 10.1. The Kier molecular flexibility index (Phi) is 1.87. The average molecular weight is 230 g/mol. The van der Waals surface area contributed by atoms with Crippen LogP contribution in [0.3, 0.4) is 0 Å². The number of rotatable bonds is 1. The molecule has 0 amide bonds. The second-order valence-electron chi connectivity index (χ2n) is 4.07. The highest BCUT2D eigenvalue weighted by atomic mass is 19.4. The fraction of sp³-hybridized carbons (Fsp3) is 0.455. The van der Waals surface area contributed by atoms with Crippen molar-refractivity contribution in [2.24, 2.45) is 5.92 Å². The summed E-state index contributed by atoms with van der Waals surface area (Å²) in [5.41, 5.74) is 0.623. The molecule has 0 radical (unpaired) electrons. The van der Waals surface area contributed by atoms with Gasteiger partial charge in [-0.1, -0.05) is 12.1 Å². The van der Waals surface area contributed by atoms with Crippen LogP contribution >= 0.6 is 0 Å². The molecule has 86 valence electrons. The second kappa shape index (κ2) is 3.06. The van der Waals surface area contributed by atoms with E-state index in [1.54, 1.807) is 18.2 Å². The van der Waals surface area contributed by atoms with Gasteiger partial charge in [0.15, 0.2) is 11.5 Å². The van der Waals surface area contributed by atoms with Crippen LogP contribution in [-0.4, -0.2) is 13.0 Å².